The van der Waals surface area contributed by atoms with Gasteiger partial charge in [-0.05, 0) is 42.5 Å². The number of methoxy groups -OCH3 is 1. The molecule has 0 saturated carbocycles. The van der Waals surface area contributed by atoms with Gasteiger partial charge >= 0.3 is 0 Å². The third-order valence-electron chi connectivity index (χ3n) is 3.36. The van der Waals surface area contributed by atoms with Crippen molar-refractivity contribution in [3.05, 3.63) is 53.6 Å². The zero-order valence-electron chi connectivity index (χ0n) is 13.6. The molecule has 0 aliphatic heterocycles. The van der Waals surface area contributed by atoms with Gasteiger partial charge in [0.25, 0.3) is 5.91 Å². The Morgan fingerprint density at radius 3 is 2.58 bits per heavy atom. The fourth-order valence-electron chi connectivity index (χ4n) is 2.11. The number of amides is 1. The van der Waals surface area contributed by atoms with E-state index in [0.717, 1.165) is 5.69 Å². The summed E-state index contributed by atoms with van der Waals surface area (Å²) in [7, 11) is 3.17. The minimum Gasteiger partial charge on any atom is -0.495 e. The van der Waals surface area contributed by atoms with Crippen molar-refractivity contribution in [2.45, 2.75) is 0 Å². The summed E-state index contributed by atoms with van der Waals surface area (Å²) in [6.45, 7) is 0.965. The normalized spacial score (nSPS) is 9.71. The summed E-state index contributed by atoms with van der Waals surface area (Å²) in [5.41, 5.74) is 1.87. The van der Waals surface area contributed by atoms with Gasteiger partial charge in [-0.3, -0.25) is 4.79 Å². The highest BCUT2D eigenvalue weighted by atomic mass is 16.5. The van der Waals surface area contributed by atoms with Gasteiger partial charge in [0.15, 0.2) is 0 Å². The SMILES string of the molecule is CNC(=O)c1ccc(OC)c(NCCOc2ccc(C#N)cc2)c1. The Hall–Kier alpha value is -3.20. The lowest BCUT2D eigenvalue weighted by Gasteiger charge is -2.13. The first-order valence-electron chi connectivity index (χ1n) is 7.45. The number of nitriles is 1. The second-order valence-electron chi connectivity index (χ2n) is 4.91. The molecule has 24 heavy (non-hydrogen) atoms. The zero-order chi connectivity index (χ0) is 17.4. The molecule has 6 nitrogen and oxygen atoms in total. The molecule has 0 radical (unpaired) electrons. The van der Waals surface area contributed by atoms with Crippen LogP contribution in [-0.2, 0) is 0 Å². The van der Waals surface area contributed by atoms with Gasteiger partial charge in [-0.15, -0.1) is 0 Å². The molecule has 0 aliphatic rings. The van der Waals surface area contributed by atoms with Crippen LogP contribution in [0.2, 0.25) is 0 Å². The van der Waals surface area contributed by atoms with Crippen LogP contribution in [0.3, 0.4) is 0 Å². The quantitative estimate of drug-likeness (QED) is 0.764. The van der Waals surface area contributed by atoms with E-state index >= 15 is 0 Å². The Morgan fingerprint density at radius 1 is 1.21 bits per heavy atom. The lowest BCUT2D eigenvalue weighted by molar-refractivity contribution is 0.0963. The molecule has 2 aromatic rings. The number of carbonyl (C=O) groups is 1. The molecule has 0 bridgehead atoms. The van der Waals surface area contributed by atoms with Crippen molar-refractivity contribution in [3.8, 4) is 17.6 Å². The third kappa shape index (κ3) is 4.40. The molecule has 0 fully saturated rings. The van der Waals surface area contributed by atoms with Gasteiger partial charge in [0.05, 0.1) is 24.4 Å². The average molecular weight is 325 g/mol. The van der Waals surface area contributed by atoms with Crippen molar-refractivity contribution >= 4 is 11.6 Å². The zero-order valence-corrected chi connectivity index (χ0v) is 13.6. The van der Waals surface area contributed by atoms with E-state index in [1.807, 2.05) is 0 Å². The van der Waals surface area contributed by atoms with Crippen LogP contribution in [0.15, 0.2) is 42.5 Å². The van der Waals surface area contributed by atoms with Crippen molar-refractivity contribution < 1.29 is 14.3 Å². The molecule has 2 N–H and O–H groups in total. The van der Waals surface area contributed by atoms with E-state index in [0.29, 0.717) is 35.8 Å². The fraction of sp³-hybridized carbons (Fsp3) is 0.222. The maximum absolute atomic E-state index is 11.7. The predicted molar refractivity (Wildman–Crippen MR) is 91.5 cm³/mol. The van der Waals surface area contributed by atoms with Crippen LogP contribution in [-0.4, -0.2) is 33.2 Å². The van der Waals surface area contributed by atoms with Gasteiger partial charge in [-0.1, -0.05) is 0 Å². The first kappa shape index (κ1) is 17.2. The maximum Gasteiger partial charge on any atom is 0.251 e. The van der Waals surface area contributed by atoms with Gasteiger partial charge in [0.2, 0.25) is 0 Å². The number of carbonyl (C=O) groups excluding carboxylic acids is 1. The molecule has 0 aromatic heterocycles. The standard InChI is InChI=1S/C18H19N3O3/c1-20-18(22)14-5-8-17(23-2)16(11-14)21-9-10-24-15-6-3-13(12-19)4-7-15/h3-8,11,21H,9-10H2,1-2H3,(H,20,22). The Balaban J connectivity index is 1.93. The van der Waals surface area contributed by atoms with E-state index in [9.17, 15) is 4.79 Å². The number of ether oxygens (including phenoxy) is 2. The molecule has 0 spiro atoms. The molecule has 2 rings (SSSR count). The Bertz CT molecular complexity index is 736. The molecule has 2 aromatic carbocycles. The highest BCUT2D eigenvalue weighted by Gasteiger charge is 2.08. The van der Waals surface area contributed by atoms with Crippen molar-refractivity contribution in [1.82, 2.24) is 5.32 Å². The van der Waals surface area contributed by atoms with E-state index < -0.39 is 0 Å². The summed E-state index contributed by atoms with van der Waals surface area (Å²) in [6.07, 6.45) is 0. The van der Waals surface area contributed by atoms with Gasteiger partial charge in [-0.2, -0.15) is 5.26 Å². The minimum atomic E-state index is -0.158. The molecular weight excluding hydrogens is 306 g/mol. The van der Waals surface area contributed by atoms with E-state index in [1.54, 1.807) is 56.6 Å². The van der Waals surface area contributed by atoms with Crippen LogP contribution in [0, 0.1) is 11.3 Å². The molecule has 0 unspecified atom stereocenters. The molecule has 0 aliphatic carbocycles. The second kappa shape index (κ2) is 8.44. The topological polar surface area (TPSA) is 83.4 Å². The van der Waals surface area contributed by atoms with Gasteiger partial charge in [0.1, 0.15) is 18.1 Å². The summed E-state index contributed by atoms with van der Waals surface area (Å²) in [6, 6.07) is 14.2. The van der Waals surface area contributed by atoms with Crippen LogP contribution < -0.4 is 20.1 Å². The van der Waals surface area contributed by atoms with Gasteiger partial charge in [-0.25, -0.2) is 0 Å². The highest BCUT2D eigenvalue weighted by molar-refractivity contribution is 5.95. The van der Waals surface area contributed by atoms with Crippen molar-refractivity contribution in [3.63, 3.8) is 0 Å². The molecule has 0 saturated heterocycles. The smallest absolute Gasteiger partial charge is 0.251 e. The third-order valence-corrected chi connectivity index (χ3v) is 3.36. The number of anilines is 1. The highest BCUT2D eigenvalue weighted by Crippen LogP contribution is 2.25. The summed E-state index contributed by atoms with van der Waals surface area (Å²) in [5, 5.41) is 14.5. The van der Waals surface area contributed by atoms with Crippen LogP contribution in [0.1, 0.15) is 15.9 Å². The van der Waals surface area contributed by atoms with Gasteiger partial charge in [0, 0.05) is 19.2 Å². The van der Waals surface area contributed by atoms with Crippen LogP contribution >= 0.6 is 0 Å². The minimum absolute atomic E-state index is 0.158. The summed E-state index contributed by atoms with van der Waals surface area (Å²) < 4.78 is 10.9. The van der Waals surface area contributed by atoms with Gasteiger partial charge < -0.3 is 20.1 Å². The second-order valence-corrected chi connectivity index (χ2v) is 4.91. The molecule has 124 valence electrons. The van der Waals surface area contributed by atoms with E-state index in [4.69, 9.17) is 14.7 Å². The largest absolute Gasteiger partial charge is 0.495 e. The molecule has 1 amide bonds. The lowest BCUT2D eigenvalue weighted by atomic mass is 10.1. The summed E-state index contributed by atoms with van der Waals surface area (Å²) in [5.74, 6) is 1.19. The number of benzene rings is 2. The fourth-order valence-corrected chi connectivity index (χ4v) is 2.11. The van der Waals surface area contributed by atoms with E-state index in [1.165, 1.54) is 0 Å². The number of hydrogen-bond acceptors (Lipinski definition) is 5. The monoisotopic (exact) mass is 325 g/mol. The Morgan fingerprint density at radius 2 is 1.96 bits per heavy atom. The Kier molecular flexibility index (Phi) is 6.03. The molecule has 0 atom stereocenters. The molecule has 0 heterocycles. The van der Waals surface area contributed by atoms with Crippen molar-refractivity contribution in [1.29, 1.82) is 5.26 Å². The summed E-state index contributed by atoms with van der Waals surface area (Å²) >= 11 is 0. The van der Waals surface area contributed by atoms with Crippen LogP contribution in [0.5, 0.6) is 11.5 Å². The first-order chi connectivity index (χ1) is 11.7. The van der Waals surface area contributed by atoms with Crippen molar-refractivity contribution in [2.24, 2.45) is 0 Å². The number of nitrogens with zero attached hydrogens (tertiary/aromatic N) is 1. The van der Waals surface area contributed by atoms with E-state index in [-0.39, 0.29) is 5.91 Å². The van der Waals surface area contributed by atoms with Crippen LogP contribution in [0.25, 0.3) is 0 Å². The lowest BCUT2D eigenvalue weighted by Crippen LogP contribution is -2.18. The predicted octanol–water partition coefficient (Wildman–Crippen LogP) is 2.42. The summed E-state index contributed by atoms with van der Waals surface area (Å²) in [4.78, 5) is 11.7. The Labute approximate surface area is 141 Å². The first-order valence-corrected chi connectivity index (χ1v) is 7.45. The average Bonchev–Trinajstić information content (AvgIpc) is 2.64. The molecule has 6 heteroatoms. The maximum atomic E-state index is 11.7. The number of rotatable bonds is 7. The van der Waals surface area contributed by atoms with Crippen molar-refractivity contribution in [2.75, 3.05) is 32.6 Å². The number of hydrogen-bond donors (Lipinski definition) is 2. The molecular formula is C18H19N3O3. The number of nitrogens with one attached hydrogen (secondary N) is 2. The van der Waals surface area contributed by atoms with E-state index in [2.05, 4.69) is 16.7 Å². The van der Waals surface area contributed by atoms with Crippen LogP contribution in [0.4, 0.5) is 5.69 Å².